The molecule has 1 aliphatic carbocycles. The lowest BCUT2D eigenvalue weighted by atomic mass is 9.64. The predicted molar refractivity (Wildman–Crippen MR) is 79.5 cm³/mol. The standard InChI is InChI=1S/C14H25N5O/c1-14(2)11(8-12(14)20-5)18-13(15-3)16-9-10-6-7-17-19(10)4/h6-7,11-12H,8-9H2,1-5H3,(H2,15,16,18). The molecule has 0 saturated heterocycles. The minimum Gasteiger partial charge on any atom is -0.381 e. The number of methoxy groups -OCH3 is 1. The van der Waals surface area contributed by atoms with Crippen LogP contribution in [0.25, 0.3) is 0 Å². The topological polar surface area (TPSA) is 63.5 Å². The number of rotatable bonds is 4. The molecule has 0 spiro atoms. The number of guanidine groups is 1. The molecule has 6 nitrogen and oxygen atoms in total. The van der Waals surface area contributed by atoms with Crippen molar-refractivity contribution >= 4 is 5.96 Å². The zero-order valence-electron chi connectivity index (χ0n) is 13.0. The maximum absolute atomic E-state index is 5.47. The van der Waals surface area contributed by atoms with E-state index >= 15 is 0 Å². The Hall–Kier alpha value is -1.56. The summed E-state index contributed by atoms with van der Waals surface area (Å²) in [5.74, 6) is 0.818. The van der Waals surface area contributed by atoms with Gasteiger partial charge in [-0.2, -0.15) is 5.10 Å². The van der Waals surface area contributed by atoms with Crippen molar-refractivity contribution in [2.24, 2.45) is 17.5 Å². The highest BCUT2D eigenvalue weighted by Crippen LogP contribution is 2.42. The Morgan fingerprint density at radius 2 is 2.35 bits per heavy atom. The molecule has 0 aromatic carbocycles. The van der Waals surface area contributed by atoms with Crippen molar-refractivity contribution in [2.45, 2.75) is 39.0 Å². The van der Waals surface area contributed by atoms with E-state index in [9.17, 15) is 0 Å². The van der Waals surface area contributed by atoms with Crippen molar-refractivity contribution in [1.29, 1.82) is 0 Å². The van der Waals surface area contributed by atoms with Crippen LogP contribution < -0.4 is 10.6 Å². The fourth-order valence-electron chi connectivity index (χ4n) is 2.64. The molecule has 0 aliphatic heterocycles. The number of aromatic nitrogens is 2. The molecule has 1 aliphatic rings. The molecule has 0 amide bonds. The van der Waals surface area contributed by atoms with Gasteiger partial charge in [-0.1, -0.05) is 13.8 Å². The molecule has 1 aromatic heterocycles. The van der Waals surface area contributed by atoms with Crippen molar-refractivity contribution in [3.63, 3.8) is 0 Å². The van der Waals surface area contributed by atoms with Gasteiger partial charge in [0.25, 0.3) is 0 Å². The molecule has 1 fully saturated rings. The number of aryl methyl sites for hydroxylation is 1. The highest BCUT2D eigenvalue weighted by Gasteiger charge is 2.48. The number of hydrogen-bond donors (Lipinski definition) is 2. The van der Waals surface area contributed by atoms with Gasteiger partial charge in [0.05, 0.1) is 18.3 Å². The average Bonchev–Trinajstić information content (AvgIpc) is 2.83. The first-order chi connectivity index (χ1) is 9.48. The Morgan fingerprint density at radius 3 is 2.85 bits per heavy atom. The Morgan fingerprint density at radius 1 is 1.60 bits per heavy atom. The largest absolute Gasteiger partial charge is 0.381 e. The summed E-state index contributed by atoms with van der Waals surface area (Å²) in [5.41, 5.74) is 1.24. The number of nitrogens with one attached hydrogen (secondary N) is 2. The zero-order valence-corrected chi connectivity index (χ0v) is 13.0. The minimum atomic E-state index is 0.124. The SMILES string of the molecule is CN=C(NCc1ccnn1C)NC1CC(OC)C1(C)C. The molecule has 1 saturated carbocycles. The number of hydrogen-bond acceptors (Lipinski definition) is 3. The molecule has 20 heavy (non-hydrogen) atoms. The van der Waals surface area contributed by atoms with Crippen molar-refractivity contribution in [3.05, 3.63) is 18.0 Å². The lowest BCUT2D eigenvalue weighted by molar-refractivity contribution is -0.0922. The van der Waals surface area contributed by atoms with E-state index in [2.05, 4.69) is 34.6 Å². The van der Waals surface area contributed by atoms with Crippen LogP contribution in [0.2, 0.25) is 0 Å². The van der Waals surface area contributed by atoms with E-state index in [0.29, 0.717) is 18.7 Å². The van der Waals surface area contributed by atoms with Crippen LogP contribution in [0.5, 0.6) is 0 Å². The third kappa shape index (κ3) is 2.80. The van der Waals surface area contributed by atoms with E-state index in [0.717, 1.165) is 18.1 Å². The van der Waals surface area contributed by atoms with Crippen molar-refractivity contribution in [3.8, 4) is 0 Å². The Labute approximate surface area is 120 Å². The van der Waals surface area contributed by atoms with Gasteiger partial charge in [0.15, 0.2) is 5.96 Å². The normalized spacial score (nSPS) is 25.1. The van der Waals surface area contributed by atoms with Crippen LogP contribution in [0.1, 0.15) is 26.0 Å². The number of aliphatic imine (C=N–C) groups is 1. The maximum atomic E-state index is 5.47. The van der Waals surface area contributed by atoms with Gasteiger partial charge in [0.2, 0.25) is 0 Å². The Kier molecular flexibility index (Phi) is 4.32. The van der Waals surface area contributed by atoms with Gasteiger partial charge in [-0.3, -0.25) is 9.67 Å². The summed E-state index contributed by atoms with van der Waals surface area (Å²) in [6, 6.07) is 2.37. The first-order valence-corrected chi connectivity index (χ1v) is 6.96. The summed E-state index contributed by atoms with van der Waals surface area (Å²) in [7, 11) is 5.50. The summed E-state index contributed by atoms with van der Waals surface area (Å²) in [6.45, 7) is 5.14. The van der Waals surface area contributed by atoms with Crippen molar-refractivity contribution < 1.29 is 4.74 Å². The second-order valence-electron chi connectivity index (χ2n) is 5.85. The third-order valence-corrected chi connectivity index (χ3v) is 4.36. The second-order valence-corrected chi connectivity index (χ2v) is 5.85. The van der Waals surface area contributed by atoms with E-state index < -0.39 is 0 Å². The highest BCUT2D eigenvalue weighted by atomic mass is 16.5. The quantitative estimate of drug-likeness (QED) is 0.635. The fourth-order valence-corrected chi connectivity index (χ4v) is 2.64. The molecule has 112 valence electrons. The van der Waals surface area contributed by atoms with Gasteiger partial charge >= 0.3 is 0 Å². The lowest BCUT2D eigenvalue weighted by Gasteiger charge is -2.51. The summed E-state index contributed by atoms with van der Waals surface area (Å²) >= 11 is 0. The highest BCUT2D eigenvalue weighted by molar-refractivity contribution is 5.80. The summed E-state index contributed by atoms with van der Waals surface area (Å²) < 4.78 is 7.33. The van der Waals surface area contributed by atoms with E-state index in [1.807, 2.05) is 17.8 Å². The molecule has 0 bridgehead atoms. The van der Waals surface area contributed by atoms with Gasteiger partial charge in [-0.25, -0.2) is 0 Å². The first kappa shape index (κ1) is 14.8. The van der Waals surface area contributed by atoms with Gasteiger partial charge < -0.3 is 15.4 Å². The van der Waals surface area contributed by atoms with Crippen molar-refractivity contribution in [2.75, 3.05) is 14.2 Å². The lowest BCUT2D eigenvalue weighted by Crippen LogP contribution is -2.63. The summed E-state index contributed by atoms with van der Waals surface area (Å²) in [4.78, 5) is 4.28. The van der Waals surface area contributed by atoms with E-state index in [1.165, 1.54) is 0 Å². The average molecular weight is 279 g/mol. The first-order valence-electron chi connectivity index (χ1n) is 6.96. The predicted octanol–water partition coefficient (Wildman–Crippen LogP) is 0.899. The molecule has 2 rings (SSSR count). The molecule has 2 unspecified atom stereocenters. The van der Waals surface area contributed by atoms with Crippen LogP contribution in [-0.2, 0) is 18.3 Å². The molecular formula is C14H25N5O. The van der Waals surface area contributed by atoms with Crippen LogP contribution in [0, 0.1) is 5.41 Å². The molecule has 2 atom stereocenters. The van der Waals surface area contributed by atoms with Gasteiger partial charge in [-0.05, 0) is 12.5 Å². The van der Waals surface area contributed by atoms with E-state index in [-0.39, 0.29) is 5.41 Å². The van der Waals surface area contributed by atoms with Crippen LogP contribution >= 0.6 is 0 Å². The van der Waals surface area contributed by atoms with Crippen LogP contribution in [0.3, 0.4) is 0 Å². The molecule has 1 aromatic rings. The molecule has 2 N–H and O–H groups in total. The maximum Gasteiger partial charge on any atom is 0.191 e. The van der Waals surface area contributed by atoms with Gasteiger partial charge in [0.1, 0.15) is 0 Å². The zero-order chi connectivity index (χ0) is 14.8. The molecule has 6 heteroatoms. The Bertz CT molecular complexity index is 480. The van der Waals surface area contributed by atoms with Crippen LogP contribution in [0.15, 0.2) is 17.3 Å². The minimum absolute atomic E-state index is 0.124. The number of ether oxygens (including phenoxy) is 1. The smallest absolute Gasteiger partial charge is 0.191 e. The fraction of sp³-hybridized carbons (Fsp3) is 0.714. The Balaban J connectivity index is 1.87. The molecular weight excluding hydrogens is 254 g/mol. The molecule has 1 heterocycles. The second kappa shape index (κ2) is 5.83. The summed E-state index contributed by atoms with van der Waals surface area (Å²) in [6.07, 6.45) is 3.12. The third-order valence-electron chi connectivity index (χ3n) is 4.36. The van der Waals surface area contributed by atoms with E-state index in [4.69, 9.17) is 4.74 Å². The number of nitrogens with zero attached hydrogens (tertiary/aromatic N) is 3. The van der Waals surface area contributed by atoms with Crippen LogP contribution in [0.4, 0.5) is 0 Å². The summed E-state index contributed by atoms with van der Waals surface area (Å²) in [5, 5.41) is 10.9. The van der Waals surface area contributed by atoms with E-state index in [1.54, 1.807) is 20.4 Å². The monoisotopic (exact) mass is 279 g/mol. The van der Waals surface area contributed by atoms with Crippen molar-refractivity contribution in [1.82, 2.24) is 20.4 Å². The van der Waals surface area contributed by atoms with Gasteiger partial charge in [-0.15, -0.1) is 0 Å². The molecule has 0 radical (unpaired) electrons. The van der Waals surface area contributed by atoms with Crippen LogP contribution in [-0.4, -0.2) is 42.0 Å². The van der Waals surface area contributed by atoms with Gasteiger partial charge in [0, 0.05) is 38.9 Å².